The standard InChI is InChI=1S/2CH3OS.OS/c2*1-3-2;1-2/h2*1H3;/q2*+1;. The van der Waals surface area contributed by atoms with E-state index in [0.29, 0.717) is 23.3 Å². The second-order valence-corrected chi connectivity index (χ2v) is 1.00. The zero-order valence-corrected chi connectivity index (χ0v) is 6.90. The van der Waals surface area contributed by atoms with Gasteiger partial charge in [0.2, 0.25) is 12.5 Å². The first kappa shape index (κ1) is 15.7. The Kier molecular flexibility index (Phi) is 120. The monoisotopic (exact) mass is 174 g/mol. The van der Waals surface area contributed by atoms with E-state index in [1.54, 1.807) is 0 Å². The highest BCUT2D eigenvalue weighted by Crippen LogP contribution is 1.14. The zero-order chi connectivity index (χ0) is 7.41. The van der Waals surface area contributed by atoms with Crippen LogP contribution >= 0.6 is 0 Å². The van der Waals surface area contributed by atoms with Crippen LogP contribution < -0.4 is 0 Å². The highest BCUT2D eigenvalue weighted by atomic mass is 32.1. The van der Waals surface area contributed by atoms with E-state index in [4.69, 9.17) is 12.6 Å². The number of rotatable bonds is 0. The second kappa shape index (κ2) is 61.1. The predicted molar refractivity (Wildman–Crippen MR) is 36.1 cm³/mol. The summed E-state index contributed by atoms with van der Waals surface area (Å²) in [6, 6.07) is 0. The topological polar surface area (TPSA) is 51.2 Å². The molecule has 3 nitrogen and oxygen atoms in total. The summed E-state index contributed by atoms with van der Waals surface area (Å²) in [7, 11) is 0. The van der Waals surface area contributed by atoms with Gasteiger partial charge in [0.1, 0.15) is 0 Å². The smallest absolute Gasteiger partial charge is 0.197 e. The highest BCUT2D eigenvalue weighted by molar-refractivity contribution is 7.64. The average Bonchev–Trinajstić information content (AvgIpc) is 1.75. The molecule has 0 aliphatic heterocycles. The van der Waals surface area contributed by atoms with Crippen molar-refractivity contribution in [2.45, 2.75) is 0 Å². The van der Waals surface area contributed by atoms with Crippen LogP contribution in [0.5, 0.6) is 0 Å². The van der Waals surface area contributed by atoms with Gasteiger partial charge in [0, 0.05) is 8.42 Å². The van der Waals surface area contributed by atoms with Gasteiger partial charge in [-0.25, -0.2) is 0 Å². The summed E-state index contributed by atoms with van der Waals surface area (Å²) in [5, 5.41) is 0. The lowest BCUT2D eigenvalue weighted by atomic mass is 12.0. The number of hydrogen-bond acceptors (Lipinski definition) is 4. The van der Waals surface area contributed by atoms with Gasteiger partial charge in [-0.3, -0.25) is 0 Å². The van der Waals surface area contributed by atoms with Crippen molar-refractivity contribution in [1.82, 2.24) is 0 Å². The second-order valence-electron chi connectivity index (χ2n) is 0.333. The van der Waals surface area contributed by atoms with Crippen LogP contribution in [0.4, 0.5) is 0 Å². The first-order chi connectivity index (χ1) is 3.83. The first-order valence-corrected chi connectivity index (χ1v) is 3.95. The van der Waals surface area contributed by atoms with E-state index in [1.807, 2.05) is 0 Å². The molecule has 0 saturated carbocycles. The van der Waals surface area contributed by atoms with Crippen LogP contribution in [0.3, 0.4) is 0 Å². The molecule has 0 amide bonds. The molecule has 0 aromatic heterocycles. The van der Waals surface area contributed by atoms with Crippen molar-refractivity contribution >= 4 is 35.9 Å². The molecule has 0 aliphatic carbocycles. The summed E-state index contributed by atoms with van der Waals surface area (Å²) < 4.78 is 25.5. The maximum Gasteiger partial charge on any atom is 0.455 e. The Bertz CT molecular complexity index is 41.8. The molecule has 0 heterocycles. The third-order valence-corrected chi connectivity index (χ3v) is 0. The highest BCUT2D eigenvalue weighted by Gasteiger charge is 1.55. The van der Waals surface area contributed by atoms with E-state index < -0.39 is 0 Å². The van der Waals surface area contributed by atoms with E-state index in [-0.39, 0.29) is 0 Å². The lowest BCUT2D eigenvalue weighted by molar-refractivity contribution is 0.606. The third kappa shape index (κ3) is 43100. The van der Waals surface area contributed by atoms with Crippen LogP contribution in [-0.4, -0.2) is 16.7 Å². The summed E-state index contributed by atoms with van der Waals surface area (Å²) in [4.78, 5) is 0. The van der Waals surface area contributed by atoms with Crippen molar-refractivity contribution in [3.8, 4) is 0 Å². The number of hydrogen-bond donors (Lipinski definition) is 0. The predicted octanol–water partition coefficient (Wildman–Crippen LogP) is -0.248. The van der Waals surface area contributed by atoms with Gasteiger partial charge >= 0.3 is 23.3 Å². The van der Waals surface area contributed by atoms with Crippen LogP contribution in [0.2, 0.25) is 0 Å². The maximum atomic E-state index is 8.85. The van der Waals surface area contributed by atoms with Gasteiger partial charge < -0.3 is 0 Å². The molecule has 0 fully saturated rings. The molecule has 8 heavy (non-hydrogen) atoms. The average molecular weight is 174 g/mol. The molecule has 0 rings (SSSR count). The Balaban J connectivity index is -0.0000000483. The van der Waals surface area contributed by atoms with Crippen molar-refractivity contribution in [2.75, 3.05) is 12.5 Å². The summed E-state index contributed by atoms with van der Waals surface area (Å²) in [5.41, 5.74) is 0. The van der Waals surface area contributed by atoms with E-state index >= 15 is 0 Å². The lowest BCUT2D eigenvalue weighted by Crippen LogP contribution is -1.32. The van der Waals surface area contributed by atoms with Gasteiger partial charge in [-0.15, -0.1) is 0 Å². The fourth-order valence-corrected chi connectivity index (χ4v) is 0. The molecule has 0 spiro atoms. The molecular weight excluding hydrogens is 168 g/mol. The van der Waals surface area contributed by atoms with Crippen LogP contribution in [0.1, 0.15) is 0 Å². The molecular formula is C2H6O3S3+2. The quantitative estimate of drug-likeness (QED) is 0.475. The van der Waals surface area contributed by atoms with Gasteiger partial charge in [0.15, 0.2) is 12.5 Å². The molecule has 0 aromatic carbocycles. The van der Waals surface area contributed by atoms with E-state index in [1.165, 1.54) is 12.5 Å². The lowest BCUT2D eigenvalue weighted by Gasteiger charge is -0.931. The maximum absolute atomic E-state index is 8.85. The van der Waals surface area contributed by atoms with Crippen molar-refractivity contribution < 1.29 is 12.6 Å². The molecule has 0 saturated heterocycles. The van der Waals surface area contributed by atoms with Gasteiger partial charge in [0.05, 0.1) is 0 Å². The Morgan fingerprint density at radius 3 is 1.00 bits per heavy atom. The first-order valence-electron chi connectivity index (χ1n) is 1.32. The van der Waals surface area contributed by atoms with Crippen molar-refractivity contribution in [1.29, 1.82) is 0 Å². The normalized spacial score (nSPS) is 3.75. The van der Waals surface area contributed by atoms with Crippen molar-refractivity contribution in [3.05, 3.63) is 0 Å². The molecule has 48 valence electrons. The SMILES string of the molecule is C[S+]=O.C[S+]=O.O=S. The minimum atomic E-state index is 0.500. The molecule has 6 heteroatoms. The van der Waals surface area contributed by atoms with Gasteiger partial charge in [0.25, 0.3) is 0 Å². The summed E-state index contributed by atoms with van der Waals surface area (Å²) >= 11 is 3.83. The van der Waals surface area contributed by atoms with Gasteiger partial charge in [-0.05, 0) is 0 Å². The summed E-state index contributed by atoms with van der Waals surface area (Å²) in [5.74, 6) is 0. The zero-order valence-electron chi connectivity index (χ0n) is 4.45. The molecule has 0 aliphatic rings. The third-order valence-electron chi connectivity index (χ3n) is 0. The van der Waals surface area contributed by atoms with Gasteiger partial charge in [-0.1, -0.05) is 0 Å². The molecule has 0 radical (unpaired) electrons. The van der Waals surface area contributed by atoms with E-state index in [0.717, 1.165) is 0 Å². The van der Waals surface area contributed by atoms with Crippen LogP contribution in [0, 0.1) is 0 Å². The summed E-state index contributed by atoms with van der Waals surface area (Å²) in [6.07, 6.45) is 2.97. The fourth-order valence-electron chi connectivity index (χ4n) is 0. The van der Waals surface area contributed by atoms with Crippen LogP contribution in [0.25, 0.3) is 0 Å². The molecule has 0 aromatic rings. The molecule has 0 atom stereocenters. The Hall–Kier alpha value is 0.0600. The van der Waals surface area contributed by atoms with Crippen LogP contribution in [0.15, 0.2) is 0 Å². The Morgan fingerprint density at radius 2 is 1.00 bits per heavy atom. The minimum Gasteiger partial charge on any atom is -0.197 e. The molecule has 0 N–H and O–H groups in total. The van der Waals surface area contributed by atoms with Gasteiger partial charge in [-0.2, -0.15) is 4.21 Å². The van der Waals surface area contributed by atoms with E-state index in [2.05, 4.69) is 12.5 Å². The fraction of sp³-hybridized carbons (Fsp3) is 1.00. The largest absolute Gasteiger partial charge is 0.455 e. The van der Waals surface area contributed by atoms with E-state index in [9.17, 15) is 0 Å². The molecule has 0 bridgehead atoms. The minimum absolute atomic E-state index is 0.500. The van der Waals surface area contributed by atoms with Crippen LogP contribution in [-0.2, 0) is 44.3 Å². The van der Waals surface area contributed by atoms with Crippen molar-refractivity contribution in [3.63, 3.8) is 0 Å². The molecule has 0 unspecified atom stereocenters. The Morgan fingerprint density at radius 1 is 1.00 bits per heavy atom. The summed E-state index contributed by atoms with van der Waals surface area (Å²) in [6.45, 7) is 0. The van der Waals surface area contributed by atoms with Crippen molar-refractivity contribution in [2.24, 2.45) is 0 Å². The Labute approximate surface area is 61.4 Å².